The van der Waals surface area contributed by atoms with Crippen molar-refractivity contribution in [3.8, 4) is 0 Å². The molecule has 21 heavy (non-hydrogen) atoms. The quantitative estimate of drug-likeness (QED) is 0.595. The van der Waals surface area contributed by atoms with Crippen molar-refractivity contribution in [2.45, 2.75) is 26.3 Å². The van der Waals surface area contributed by atoms with Gasteiger partial charge in [0.2, 0.25) is 0 Å². The predicted molar refractivity (Wildman–Crippen MR) is 82.3 cm³/mol. The first-order valence-electron chi connectivity index (χ1n) is 7.49. The fourth-order valence-electron chi connectivity index (χ4n) is 2.77. The van der Waals surface area contributed by atoms with Crippen LogP contribution in [0.5, 0.6) is 0 Å². The molecule has 1 aliphatic heterocycles. The second-order valence-corrected chi connectivity index (χ2v) is 5.57. The zero-order valence-corrected chi connectivity index (χ0v) is 12.4. The first-order valence-corrected chi connectivity index (χ1v) is 7.49. The number of nitro groups is 1. The Labute approximate surface area is 124 Å². The van der Waals surface area contributed by atoms with E-state index in [0.717, 1.165) is 38.0 Å². The van der Waals surface area contributed by atoms with Gasteiger partial charge in [0, 0.05) is 32.3 Å². The van der Waals surface area contributed by atoms with E-state index in [4.69, 9.17) is 0 Å². The summed E-state index contributed by atoms with van der Waals surface area (Å²) in [5.41, 5.74) is 1.73. The first-order chi connectivity index (χ1) is 10.2. The molecular weight excluding hydrogens is 270 g/mol. The molecule has 6 nitrogen and oxygen atoms in total. The predicted octanol–water partition coefficient (Wildman–Crippen LogP) is 2.23. The summed E-state index contributed by atoms with van der Waals surface area (Å²) < 4.78 is 0. The number of hydrogen-bond donors (Lipinski definition) is 2. The first kappa shape index (κ1) is 15.7. The van der Waals surface area contributed by atoms with Gasteiger partial charge in [0.05, 0.1) is 4.92 Å². The third-order valence-corrected chi connectivity index (χ3v) is 3.90. The fraction of sp³-hybridized carbons (Fsp3) is 0.600. The van der Waals surface area contributed by atoms with Gasteiger partial charge in [-0.25, -0.2) is 0 Å². The van der Waals surface area contributed by atoms with Gasteiger partial charge in [-0.3, -0.25) is 15.0 Å². The van der Waals surface area contributed by atoms with Crippen LogP contribution in [0.2, 0.25) is 0 Å². The van der Waals surface area contributed by atoms with E-state index in [1.807, 2.05) is 13.0 Å². The lowest BCUT2D eigenvalue weighted by molar-refractivity contribution is -0.384. The maximum Gasteiger partial charge on any atom is 0.292 e. The summed E-state index contributed by atoms with van der Waals surface area (Å²) in [5.74, 6) is 0.329. The van der Waals surface area contributed by atoms with Crippen molar-refractivity contribution in [1.82, 2.24) is 4.90 Å². The topological polar surface area (TPSA) is 78.6 Å². The number of nitro benzene ring substituents is 1. The van der Waals surface area contributed by atoms with Crippen molar-refractivity contribution in [2.75, 3.05) is 31.6 Å². The summed E-state index contributed by atoms with van der Waals surface area (Å²) in [6.45, 7) is 5.44. The molecular formula is C15H23N3O3. The zero-order chi connectivity index (χ0) is 15.2. The van der Waals surface area contributed by atoms with Crippen LogP contribution in [0.15, 0.2) is 18.2 Å². The molecule has 6 heteroatoms. The van der Waals surface area contributed by atoms with Gasteiger partial charge in [0.25, 0.3) is 5.69 Å². The summed E-state index contributed by atoms with van der Waals surface area (Å²) >= 11 is 0. The summed E-state index contributed by atoms with van der Waals surface area (Å²) in [7, 11) is 0. The minimum atomic E-state index is -0.331. The molecule has 0 spiro atoms. The molecule has 1 heterocycles. The average Bonchev–Trinajstić information content (AvgIpc) is 2.93. The monoisotopic (exact) mass is 293 g/mol. The van der Waals surface area contributed by atoms with E-state index >= 15 is 0 Å². The third-order valence-electron chi connectivity index (χ3n) is 3.90. The lowest BCUT2D eigenvalue weighted by Crippen LogP contribution is -2.22. The normalized spacial score (nSPS) is 18.9. The second-order valence-electron chi connectivity index (χ2n) is 5.57. The van der Waals surface area contributed by atoms with Gasteiger partial charge in [0.15, 0.2) is 0 Å². The Morgan fingerprint density at radius 3 is 2.95 bits per heavy atom. The van der Waals surface area contributed by atoms with Crippen LogP contribution in [0, 0.1) is 16.0 Å². The molecule has 1 fully saturated rings. The number of anilines is 1. The van der Waals surface area contributed by atoms with Crippen molar-refractivity contribution in [3.05, 3.63) is 33.9 Å². The number of benzene rings is 1. The highest BCUT2D eigenvalue weighted by atomic mass is 16.6. The smallest absolute Gasteiger partial charge is 0.292 e. The molecule has 2 rings (SSSR count). The zero-order valence-electron chi connectivity index (χ0n) is 12.4. The van der Waals surface area contributed by atoms with E-state index in [0.29, 0.717) is 18.2 Å². The van der Waals surface area contributed by atoms with Crippen LogP contribution in [0.25, 0.3) is 0 Å². The molecule has 1 saturated heterocycles. The Morgan fingerprint density at radius 1 is 1.52 bits per heavy atom. The van der Waals surface area contributed by atoms with Gasteiger partial charge in [-0.15, -0.1) is 0 Å². The number of rotatable bonds is 7. The number of aliphatic hydroxyl groups excluding tert-OH is 1. The van der Waals surface area contributed by atoms with Gasteiger partial charge in [-0.1, -0.05) is 19.1 Å². The highest BCUT2D eigenvalue weighted by molar-refractivity contribution is 5.66. The van der Waals surface area contributed by atoms with E-state index in [-0.39, 0.29) is 17.2 Å². The van der Waals surface area contributed by atoms with Gasteiger partial charge < -0.3 is 10.4 Å². The Bertz CT molecular complexity index is 493. The molecule has 2 N–H and O–H groups in total. The van der Waals surface area contributed by atoms with Crippen LogP contribution in [0.3, 0.4) is 0 Å². The van der Waals surface area contributed by atoms with Crippen LogP contribution < -0.4 is 5.32 Å². The molecule has 1 aliphatic rings. The van der Waals surface area contributed by atoms with Gasteiger partial charge in [-0.2, -0.15) is 0 Å². The van der Waals surface area contributed by atoms with E-state index < -0.39 is 0 Å². The van der Waals surface area contributed by atoms with Gasteiger partial charge in [0.1, 0.15) is 5.69 Å². The minimum Gasteiger partial charge on any atom is -0.396 e. The SMILES string of the molecule is CCCNc1c(CN2CCC(CO)C2)cccc1[N+](=O)[O-]. The maximum absolute atomic E-state index is 11.2. The number of hydrogen-bond acceptors (Lipinski definition) is 5. The molecule has 0 radical (unpaired) electrons. The molecule has 0 bridgehead atoms. The number of aliphatic hydroxyl groups is 1. The lowest BCUT2D eigenvalue weighted by atomic mass is 10.1. The maximum atomic E-state index is 11.2. The van der Waals surface area contributed by atoms with Crippen molar-refractivity contribution in [3.63, 3.8) is 0 Å². The van der Waals surface area contributed by atoms with Crippen LogP contribution in [0.4, 0.5) is 11.4 Å². The number of nitrogens with zero attached hydrogens (tertiary/aromatic N) is 2. The molecule has 0 aliphatic carbocycles. The minimum absolute atomic E-state index is 0.138. The number of nitrogens with one attached hydrogen (secondary N) is 1. The Hall–Kier alpha value is -1.66. The number of para-hydroxylation sites is 1. The van der Waals surface area contributed by atoms with E-state index in [9.17, 15) is 15.2 Å². The van der Waals surface area contributed by atoms with Crippen molar-refractivity contribution in [1.29, 1.82) is 0 Å². The molecule has 1 unspecified atom stereocenters. The Morgan fingerprint density at radius 2 is 2.33 bits per heavy atom. The number of likely N-dealkylation sites (tertiary alicyclic amines) is 1. The molecule has 0 amide bonds. The molecule has 0 aromatic heterocycles. The second kappa shape index (κ2) is 7.38. The Kier molecular flexibility index (Phi) is 5.52. The van der Waals surface area contributed by atoms with E-state index in [1.54, 1.807) is 12.1 Å². The summed E-state index contributed by atoms with van der Waals surface area (Å²) in [5, 5.41) is 23.6. The largest absolute Gasteiger partial charge is 0.396 e. The summed E-state index contributed by atoms with van der Waals surface area (Å²) in [6, 6.07) is 5.23. The standard InChI is InChI=1S/C15H23N3O3/c1-2-7-16-15-13(4-3-5-14(15)18(20)21)10-17-8-6-12(9-17)11-19/h3-5,12,16,19H,2,6-11H2,1H3. The van der Waals surface area contributed by atoms with Crippen LogP contribution in [0.1, 0.15) is 25.3 Å². The molecule has 1 atom stereocenters. The average molecular weight is 293 g/mol. The van der Waals surface area contributed by atoms with E-state index in [1.165, 1.54) is 0 Å². The molecule has 0 saturated carbocycles. The van der Waals surface area contributed by atoms with Crippen LogP contribution in [-0.2, 0) is 6.54 Å². The van der Waals surface area contributed by atoms with Crippen LogP contribution >= 0.6 is 0 Å². The van der Waals surface area contributed by atoms with Gasteiger partial charge >= 0.3 is 0 Å². The highest BCUT2D eigenvalue weighted by Crippen LogP contribution is 2.30. The van der Waals surface area contributed by atoms with Gasteiger partial charge in [-0.05, 0) is 30.9 Å². The summed E-state index contributed by atoms with van der Waals surface area (Å²) in [4.78, 5) is 13.1. The molecule has 116 valence electrons. The molecule has 1 aromatic carbocycles. The lowest BCUT2D eigenvalue weighted by Gasteiger charge is -2.18. The van der Waals surface area contributed by atoms with Crippen LogP contribution in [-0.4, -0.2) is 41.2 Å². The fourth-order valence-corrected chi connectivity index (χ4v) is 2.77. The highest BCUT2D eigenvalue weighted by Gasteiger charge is 2.24. The van der Waals surface area contributed by atoms with E-state index in [2.05, 4.69) is 10.2 Å². The van der Waals surface area contributed by atoms with Crippen molar-refractivity contribution < 1.29 is 10.0 Å². The van der Waals surface area contributed by atoms with Crippen molar-refractivity contribution >= 4 is 11.4 Å². The van der Waals surface area contributed by atoms with Crippen molar-refractivity contribution in [2.24, 2.45) is 5.92 Å². The molecule has 1 aromatic rings. The summed E-state index contributed by atoms with van der Waals surface area (Å²) in [6.07, 6.45) is 1.91. The Balaban J connectivity index is 2.17. The third kappa shape index (κ3) is 3.92.